The molecule has 33 heavy (non-hydrogen) atoms. The quantitative estimate of drug-likeness (QED) is 0.164. The van der Waals surface area contributed by atoms with E-state index in [0.29, 0.717) is 3.43 Å². The number of para-hydroxylation sites is 2. The fourth-order valence-corrected chi connectivity index (χ4v) is 10.3. The van der Waals surface area contributed by atoms with Crippen molar-refractivity contribution < 1.29 is 0 Å². The first-order chi connectivity index (χ1) is 16.2. The summed E-state index contributed by atoms with van der Waals surface area (Å²) in [4.78, 5) is 4.82. The molecular formula is C30H38N2Sn. The first kappa shape index (κ1) is 24.3. The Morgan fingerprint density at radius 1 is 0.758 bits per heavy atom. The maximum atomic E-state index is 4.82. The fraction of sp³-hybridized carbons (Fsp3) is 0.433. The van der Waals surface area contributed by atoms with Crippen LogP contribution in [0.4, 0.5) is 0 Å². The van der Waals surface area contributed by atoms with E-state index in [4.69, 9.17) is 4.98 Å². The van der Waals surface area contributed by atoms with Gasteiger partial charge in [0.15, 0.2) is 0 Å². The molecule has 0 aliphatic carbocycles. The van der Waals surface area contributed by atoms with Crippen LogP contribution in [-0.4, -0.2) is 30.5 Å². The standard InChI is InChI=1S/C17H11N2.C13H27.Sn/c1-2-6-13(7-3-1)14-10-11-19-16-9-5-4-8-15(16)18-17(19)12-14;1-4-7-10-13(11-8-5-2)12-9-6-3;/h2-12H;4-12H2,1-3H3;. The molecule has 4 aromatic rings. The number of nitrogens with zero attached hydrogens (tertiary/aromatic N) is 2. The molecule has 0 aliphatic heterocycles. The molecule has 0 atom stereocenters. The van der Waals surface area contributed by atoms with E-state index in [1.807, 2.05) is 0 Å². The number of fused-ring (bicyclic) bond motifs is 3. The molecular weight excluding hydrogens is 507 g/mol. The number of benzene rings is 2. The van der Waals surface area contributed by atoms with Gasteiger partial charge in [0.05, 0.1) is 0 Å². The Morgan fingerprint density at radius 2 is 1.39 bits per heavy atom. The summed E-state index contributed by atoms with van der Waals surface area (Å²) in [5.74, 6) is 0. The van der Waals surface area contributed by atoms with Crippen LogP contribution in [0.5, 0.6) is 0 Å². The molecule has 0 fully saturated rings. The van der Waals surface area contributed by atoms with Crippen LogP contribution in [0.25, 0.3) is 27.8 Å². The Labute approximate surface area is 210 Å². The molecule has 2 nitrogen and oxygen atoms in total. The summed E-state index contributed by atoms with van der Waals surface area (Å²) in [6.07, 6.45) is 14.7. The van der Waals surface area contributed by atoms with Crippen LogP contribution in [0.2, 0.25) is 3.43 Å². The molecule has 0 unspecified atom stereocenters. The minimum absolute atomic E-state index is 0.641. The summed E-state index contributed by atoms with van der Waals surface area (Å²) in [5, 5.41) is 0. The Kier molecular flexibility index (Phi) is 8.51. The van der Waals surface area contributed by atoms with E-state index >= 15 is 0 Å². The van der Waals surface area contributed by atoms with Gasteiger partial charge in [0.25, 0.3) is 0 Å². The molecule has 0 aliphatic rings. The normalized spacial score (nSPS) is 12.1. The molecule has 0 N–H and O–H groups in total. The summed E-state index contributed by atoms with van der Waals surface area (Å²) in [6.45, 7) is 7.05. The molecule has 2 heterocycles. The maximum absolute atomic E-state index is 4.82. The van der Waals surface area contributed by atoms with Gasteiger partial charge in [-0.2, -0.15) is 0 Å². The van der Waals surface area contributed by atoms with Gasteiger partial charge in [-0.3, -0.25) is 0 Å². The molecule has 2 aromatic carbocycles. The van der Waals surface area contributed by atoms with Crippen molar-refractivity contribution in [3.8, 4) is 11.1 Å². The van der Waals surface area contributed by atoms with Crippen molar-refractivity contribution in [3.63, 3.8) is 0 Å². The molecule has 3 heteroatoms. The topological polar surface area (TPSA) is 17.3 Å². The molecule has 0 saturated heterocycles. The second-order valence-electron chi connectivity index (χ2n) is 9.54. The zero-order valence-corrected chi connectivity index (χ0v) is 23.5. The predicted octanol–water partition coefficient (Wildman–Crippen LogP) is 8.21. The summed E-state index contributed by atoms with van der Waals surface area (Å²) in [5.41, 5.74) is 5.80. The van der Waals surface area contributed by atoms with Gasteiger partial charge in [-0.05, 0) is 0 Å². The van der Waals surface area contributed by atoms with Gasteiger partial charge in [0.2, 0.25) is 0 Å². The number of hydrogen-bond donors (Lipinski definition) is 0. The molecule has 0 amide bonds. The summed E-state index contributed by atoms with van der Waals surface area (Å²) in [7, 11) is 0. The number of aromatic nitrogens is 2. The van der Waals surface area contributed by atoms with Crippen LogP contribution >= 0.6 is 0 Å². The van der Waals surface area contributed by atoms with Gasteiger partial charge < -0.3 is 0 Å². The average molecular weight is 545 g/mol. The number of unbranched alkanes of at least 4 members (excludes halogenated alkanes) is 3. The van der Waals surface area contributed by atoms with Crippen molar-refractivity contribution in [1.29, 1.82) is 0 Å². The van der Waals surface area contributed by atoms with E-state index in [-0.39, 0.29) is 0 Å². The SMILES string of the molecule is CCCC[C](CCCC)(CCCC)[Sn][c]1ccc(-c2ccn3c(c2)nc2ccccc23)cc1. The second-order valence-corrected chi connectivity index (χ2v) is 14.9. The second kappa shape index (κ2) is 11.6. The Hall–Kier alpha value is -1.81. The van der Waals surface area contributed by atoms with E-state index in [1.54, 1.807) is 3.58 Å². The first-order valence-corrected chi connectivity index (χ1v) is 15.8. The van der Waals surface area contributed by atoms with Crippen molar-refractivity contribution >= 4 is 41.4 Å². The van der Waals surface area contributed by atoms with E-state index in [0.717, 1.165) is 11.2 Å². The monoisotopic (exact) mass is 546 g/mol. The minimum atomic E-state index is -0.675. The van der Waals surface area contributed by atoms with Gasteiger partial charge >= 0.3 is 211 Å². The van der Waals surface area contributed by atoms with E-state index in [1.165, 1.54) is 74.4 Å². The van der Waals surface area contributed by atoms with Crippen molar-refractivity contribution in [1.82, 2.24) is 9.38 Å². The predicted molar refractivity (Wildman–Crippen MR) is 145 cm³/mol. The third-order valence-corrected chi connectivity index (χ3v) is 12.4. The van der Waals surface area contributed by atoms with Crippen LogP contribution in [0, 0.1) is 0 Å². The molecule has 2 aromatic heterocycles. The zero-order chi connectivity index (χ0) is 23.1. The molecule has 172 valence electrons. The van der Waals surface area contributed by atoms with Crippen molar-refractivity contribution in [3.05, 3.63) is 66.9 Å². The van der Waals surface area contributed by atoms with Gasteiger partial charge in [-0.25, -0.2) is 0 Å². The number of imidazole rings is 1. The van der Waals surface area contributed by atoms with Gasteiger partial charge in [-0.15, -0.1) is 0 Å². The van der Waals surface area contributed by atoms with Crippen LogP contribution in [0.3, 0.4) is 0 Å². The summed E-state index contributed by atoms with van der Waals surface area (Å²) < 4.78 is 4.49. The third-order valence-electron chi connectivity index (χ3n) is 6.97. The molecule has 0 spiro atoms. The average Bonchev–Trinajstić information content (AvgIpc) is 3.23. The van der Waals surface area contributed by atoms with Crippen LogP contribution in [0.15, 0.2) is 66.9 Å². The van der Waals surface area contributed by atoms with E-state index < -0.39 is 21.1 Å². The van der Waals surface area contributed by atoms with Crippen molar-refractivity contribution in [2.45, 2.75) is 82.0 Å². The van der Waals surface area contributed by atoms with Crippen LogP contribution < -0.4 is 3.58 Å². The van der Waals surface area contributed by atoms with Crippen molar-refractivity contribution in [2.75, 3.05) is 0 Å². The van der Waals surface area contributed by atoms with Crippen LogP contribution in [0.1, 0.15) is 78.6 Å². The Morgan fingerprint density at radius 3 is 2.03 bits per heavy atom. The van der Waals surface area contributed by atoms with E-state index in [9.17, 15) is 0 Å². The first-order valence-electron chi connectivity index (χ1n) is 12.9. The fourth-order valence-electron chi connectivity index (χ4n) is 5.00. The third kappa shape index (κ3) is 5.82. The molecule has 2 radical (unpaired) electrons. The van der Waals surface area contributed by atoms with Gasteiger partial charge in [-0.1, -0.05) is 0 Å². The Bertz CT molecular complexity index is 1140. The number of rotatable bonds is 12. The van der Waals surface area contributed by atoms with Crippen molar-refractivity contribution in [2.24, 2.45) is 0 Å². The zero-order valence-electron chi connectivity index (χ0n) is 20.6. The van der Waals surface area contributed by atoms with Gasteiger partial charge in [0.1, 0.15) is 0 Å². The molecule has 0 bridgehead atoms. The number of pyridine rings is 1. The van der Waals surface area contributed by atoms with E-state index in [2.05, 4.69) is 92.0 Å². The summed E-state index contributed by atoms with van der Waals surface area (Å²) >= 11 is -0.675. The Balaban J connectivity index is 1.57. The van der Waals surface area contributed by atoms with Crippen LogP contribution in [-0.2, 0) is 0 Å². The number of hydrogen-bond acceptors (Lipinski definition) is 1. The molecule has 4 rings (SSSR count). The molecule has 0 saturated carbocycles. The summed E-state index contributed by atoms with van der Waals surface area (Å²) in [6, 6.07) is 22.4. The van der Waals surface area contributed by atoms with Gasteiger partial charge in [0, 0.05) is 0 Å².